The summed E-state index contributed by atoms with van der Waals surface area (Å²) in [6, 6.07) is 2.91. The molecule has 1 aromatic carbocycles. The SMILES string of the molecule is O=[N+]([O-])c1ccc(Cl)cc1Oc1c(F)c(F)nc(F)c1F. The lowest BCUT2D eigenvalue weighted by atomic mass is 10.3. The summed E-state index contributed by atoms with van der Waals surface area (Å²) >= 11 is 5.58. The Labute approximate surface area is 118 Å². The van der Waals surface area contributed by atoms with Crippen LogP contribution in [0.25, 0.3) is 0 Å². The first-order valence-electron chi connectivity index (χ1n) is 5.13. The van der Waals surface area contributed by atoms with Crippen LogP contribution in [0.1, 0.15) is 0 Å². The Bertz CT molecular complexity index is 716. The highest BCUT2D eigenvalue weighted by atomic mass is 35.5. The summed E-state index contributed by atoms with van der Waals surface area (Å²) in [5, 5.41) is 10.7. The lowest BCUT2D eigenvalue weighted by Gasteiger charge is -2.09. The minimum absolute atomic E-state index is 0.0496. The van der Waals surface area contributed by atoms with Crippen molar-refractivity contribution in [1.29, 1.82) is 0 Å². The van der Waals surface area contributed by atoms with Crippen LogP contribution < -0.4 is 4.74 Å². The van der Waals surface area contributed by atoms with Gasteiger partial charge < -0.3 is 4.74 Å². The molecule has 0 unspecified atom stereocenters. The summed E-state index contributed by atoms with van der Waals surface area (Å²) in [4.78, 5) is 12.2. The molecule has 1 heterocycles. The Kier molecular flexibility index (Phi) is 3.94. The van der Waals surface area contributed by atoms with E-state index in [1.807, 2.05) is 0 Å². The van der Waals surface area contributed by atoms with Crippen molar-refractivity contribution in [1.82, 2.24) is 4.98 Å². The average molecular weight is 323 g/mol. The summed E-state index contributed by atoms with van der Waals surface area (Å²) in [6.45, 7) is 0. The molecule has 0 aliphatic carbocycles. The molecule has 0 saturated heterocycles. The third-order valence-corrected chi connectivity index (χ3v) is 2.52. The van der Waals surface area contributed by atoms with Crippen LogP contribution in [-0.4, -0.2) is 9.91 Å². The molecule has 0 aliphatic heterocycles. The first-order valence-corrected chi connectivity index (χ1v) is 5.51. The lowest BCUT2D eigenvalue weighted by molar-refractivity contribution is -0.385. The maximum Gasteiger partial charge on any atom is 0.311 e. The van der Waals surface area contributed by atoms with Crippen molar-refractivity contribution in [2.75, 3.05) is 0 Å². The van der Waals surface area contributed by atoms with Gasteiger partial charge in [-0.05, 0) is 6.07 Å². The van der Waals surface area contributed by atoms with E-state index in [0.29, 0.717) is 0 Å². The van der Waals surface area contributed by atoms with Gasteiger partial charge in [-0.1, -0.05) is 11.6 Å². The van der Waals surface area contributed by atoms with E-state index in [-0.39, 0.29) is 5.02 Å². The second-order valence-electron chi connectivity index (χ2n) is 3.62. The Hall–Kier alpha value is -2.42. The second kappa shape index (κ2) is 5.52. The van der Waals surface area contributed by atoms with Gasteiger partial charge in [0.1, 0.15) is 0 Å². The van der Waals surface area contributed by atoms with Crippen LogP contribution in [0, 0.1) is 33.6 Å². The number of pyridine rings is 1. The topological polar surface area (TPSA) is 65.3 Å². The number of rotatable bonds is 3. The van der Waals surface area contributed by atoms with Crippen LogP contribution in [-0.2, 0) is 0 Å². The highest BCUT2D eigenvalue weighted by Gasteiger charge is 2.25. The van der Waals surface area contributed by atoms with Crippen molar-refractivity contribution in [3.8, 4) is 11.5 Å². The van der Waals surface area contributed by atoms with Gasteiger partial charge in [0, 0.05) is 17.2 Å². The molecule has 0 spiro atoms. The number of hydrogen-bond acceptors (Lipinski definition) is 4. The van der Waals surface area contributed by atoms with Crippen molar-refractivity contribution in [2.24, 2.45) is 0 Å². The largest absolute Gasteiger partial charge is 0.443 e. The molecule has 0 aliphatic rings. The monoisotopic (exact) mass is 322 g/mol. The van der Waals surface area contributed by atoms with Gasteiger partial charge in [-0.25, -0.2) is 0 Å². The predicted molar refractivity (Wildman–Crippen MR) is 62.2 cm³/mol. The van der Waals surface area contributed by atoms with E-state index >= 15 is 0 Å². The molecule has 10 heteroatoms. The van der Waals surface area contributed by atoms with Crippen LogP contribution in [0.4, 0.5) is 23.2 Å². The Balaban J connectivity index is 2.58. The van der Waals surface area contributed by atoms with Gasteiger partial charge in [0.25, 0.3) is 11.9 Å². The van der Waals surface area contributed by atoms with Crippen LogP contribution in [0.15, 0.2) is 18.2 Å². The minimum Gasteiger partial charge on any atom is -0.443 e. The van der Waals surface area contributed by atoms with Gasteiger partial charge in [-0.3, -0.25) is 10.1 Å². The summed E-state index contributed by atoms with van der Waals surface area (Å²) < 4.78 is 57.2. The molecule has 0 saturated carbocycles. The smallest absolute Gasteiger partial charge is 0.311 e. The molecule has 0 atom stereocenters. The number of aromatic nitrogens is 1. The molecule has 2 aromatic rings. The summed E-state index contributed by atoms with van der Waals surface area (Å²) in [5.74, 6) is -9.94. The van der Waals surface area contributed by atoms with E-state index in [1.165, 1.54) is 0 Å². The predicted octanol–water partition coefficient (Wildman–Crippen LogP) is 3.99. The molecular formula is C11H3ClF4N2O3. The van der Waals surface area contributed by atoms with Gasteiger partial charge in [0.05, 0.1) is 4.92 Å². The average Bonchev–Trinajstić information content (AvgIpc) is 2.41. The molecular weight excluding hydrogens is 320 g/mol. The van der Waals surface area contributed by atoms with Gasteiger partial charge in [-0.2, -0.15) is 22.5 Å². The third kappa shape index (κ3) is 2.87. The Morgan fingerprint density at radius 2 is 1.71 bits per heavy atom. The van der Waals surface area contributed by atoms with Crippen LogP contribution >= 0.6 is 11.6 Å². The summed E-state index contributed by atoms with van der Waals surface area (Å²) in [6.07, 6.45) is 0. The first-order chi connectivity index (χ1) is 9.81. The van der Waals surface area contributed by atoms with Gasteiger partial charge in [0.2, 0.25) is 23.1 Å². The highest BCUT2D eigenvalue weighted by Crippen LogP contribution is 2.36. The first kappa shape index (κ1) is 15.0. The van der Waals surface area contributed by atoms with E-state index < -0.39 is 45.6 Å². The van der Waals surface area contributed by atoms with Crippen molar-refractivity contribution in [3.05, 3.63) is 56.9 Å². The normalized spacial score (nSPS) is 10.5. The fourth-order valence-corrected chi connectivity index (χ4v) is 1.55. The number of benzene rings is 1. The maximum atomic E-state index is 13.4. The van der Waals surface area contributed by atoms with E-state index in [1.54, 1.807) is 0 Å². The highest BCUT2D eigenvalue weighted by molar-refractivity contribution is 6.30. The molecule has 0 bridgehead atoms. The molecule has 5 nitrogen and oxygen atoms in total. The fraction of sp³-hybridized carbons (Fsp3) is 0. The summed E-state index contributed by atoms with van der Waals surface area (Å²) in [5.41, 5.74) is -0.698. The van der Waals surface area contributed by atoms with E-state index in [2.05, 4.69) is 9.72 Å². The molecule has 0 fully saturated rings. The number of nitro groups is 1. The number of halogens is 5. The number of hydrogen-bond donors (Lipinski definition) is 0. The molecule has 0 radical (unpaired) electrons. The molecule has 21 heavy (non-hydrogen) atoms. The maximum absolute atomic E-state index is 13.4. The molecule has 0 amide bonds. The Morgan fingerprint density at radius 3 is 2.24 bits per heavy atom. The molecule has 1 aromatic heterocycles. The lowest BCUT2D eigenvalue weighted by Crippen LogP contribution is -2.04. The second-order valence-corrected chi connectivity index (χ2v) is 4.06. The van der Waals surface area contributed by atoms with Crippen LogP contribution in [0.5, 0.6) is 11.5 Å². The summed E-state index contributed by atoms with van der Waals surface area (Å²) in [7, 11) is 0. The zero-order chi connectivity index (χ0) is 15.7. The van der Waals surface area contributed by atoms with Crippen molar-refractivity contribution < 1.29 is 27.2 Å². The van der Waals surface area contributed by atoms with E-state index in [0.717, 1.165) is 18.2 Å². The number of ether oxygens (including phenoxy) is 1. The quantitative estimate of drug-likeness (QED) is 0.371. The third-order valence-electron chi connectivity index (χ3n) is 2.29. The van der Waals surface area contributed by atoms with Crippen LogP contribution in [0.3, 0.4) is 0 Å². The standard InChI is InChI=1S/C11H3ClF4N2O3/c12-4-1-2-5(18(19)20)6(3-4)21-9-7(13)10(15)17-11(16)8(9)14/h1-3H. The molecule has 110 valence electrons. The zero-order valence-electron chi connectivity index (χ0n) is 9.74. The minimum atomic E-state index is -1.95. The van der Waals surface area contributed by atoms with Crippen molar-refractivity contribution in [3.63, 3.8) is 0 Å². The van der Waals surface area contributed by atoms with Gasteiger partial charge in [0.15, 0.2) is 0 Å². The van der Waals surface area contributed by atoms with E-state index in [4.69, 9.17) is 11.6 Å². The van der Waals surface area contributed by atoms with Crippen LogP contribution in [0.2, 0.25) is 5.02 Å². The fourth-order valence-electron chi connectivity index (χ4n) is 1.39. The van der Waals surface area contributed by atoms with E-state index in [9.17, 15) is 27.7 Å². The van der Waals surface area contributed by atoms with Gasteiger partial charge in [-0.15, -0.1) is 0 Å². The van der Waals surface area contributed by atoms with Crippen molar-refractivity contribution in [2.45, 2.75) is 0 Å². The molecule has 0 N–H and O–H groups in total. The van der Waals surface area contributed by atoms with Crippen molar-refractivity contribution >= 4 is 17.3 Å². The molecule has 2 rings (SSSR count). The Morgan fingerprint density at radius 1 is 1.14 bits per heavy atom. The number of nitro benzene ring substituents is 1. The zero-order valence-corrected chi connectivity index (χ0v) is 10.5. The number of nitrogens with zero attached hydrogens (tertiary/aromatic N) is 2. The van der Waals surface area contributed by atoms with Gasteiger partial charge >= 0.3 is 5.69 Å².